The standard InChI is InChI=1S/C16H28N4O/c1-11(15-12(2)20-21-13(15)3)10-18-16(17)19-14-8-6-4-5-7-9-14/h11,14H,4-10H2,1-3H3,(H3,17,18,19). The van der Waals surface area contributed by atoms with Crippen LogP contribution < -0.4 is 11.1 Å². The highest BCUT2D eigenvalue weighted by Gasteiger charge is 2.16. The molecule has 5 heteroatoms. The fraction of sp³-hybridized carbons (Fsp3) is 0.750. The SMILES string of the molecule is Cc1noc(C)c1C(C)CN=C(N)NC1CCCCCC1. The highest BCUT2D eigenvalue weighted by Crippen LogP contribution is 2.23. The van der Waals surface area contributed by atoms with Gasteiger partial charge in [-0.25, -0.2) is 0 Å². The van der Waals surface area contributed by atoms with Crippen LogP contribution in [-0.2, 0) is 0 Å². The Balaban J connectivity index is 1.87. The van der Waals surface area contributed by atoms with Crippen molar-refractivity contribution in [3.05, 3.63) is 17.0 Å². The van der Waals surface area contributed by atoms with E-state index >= 15 is 0 Å². The minimum atomic E-state index is 0.269. The van der Waals surface area contributed by atoms with Crippen LogP contribution in [0.15, 0.2) is 9.52 Å². The Bertz CT molecular complexity index is 453. The molecular formula is C16H28N4O. The maximum absolute atomic E-state index is 6.03. The van der Waals surface area contributed by atoms with Gasteiger partial charge in [-0.1, -0.05) is 37.8 Å². The summed E-state index contributed by atoms with van der Waals surface area (Å²) in [5.41, 5.74) is 8.14. The van der Waals surface area contributed by atoms with Crippen LogP contribution >= 0.6 is 0 Å². The van der Waals surface area contributed by atoms with Crippen molar-refractivity contribution in [1.82, 2.24) is 10.5 Å². The molecule has 1 aromatic rings. The van der Waals surface area contributed by atoms with Gasteiger partial charge in [0, 0.05) is 24.1 Å². The number of aliphatic imine (C=N–C) groups is 1. The van der Waals surface area contributed by atoms with Gasteiger partial charge in [-0.3, -0.25) is 4.99 Å². The van der Waals surface area contributed by atoms with E-state index in [4.69, 9.17) is 10.3 Å². The summed E-state index contributed by atoms with van der Waals surface area (Å²) in [6, 6.07) is 0.491. The second-order valence-corrected chi connectivity index (χ2v) is 6.20. The van der Waals surface area contributed by atoms with Crippen molar-refractivity contribution >= 4 is 5.96 Å². The molecule has 118 valence electrons. The lowest BCUT2D eigenvalue weighted by atomic mass is 10.00. The van der Waals surface area contributed by atoms with Crippen LogP contribution in [0.4, 0.5) is 0 Å². The largest absolute Gasteiger partial charge is 0.370 e. The Morgan fingerprint density at radius 1 is 1.33 bits per heavy atom. The number of nitrogens with zero attached hydrogens (tertiary/aromatic N) is 2. The Morgan fingerprint density at radius 2 is 2.00 bits per heavy atom. The van der Waals surface area contributed by atoms with Crippen LogP contribution in [-0.4, -0.2) is 23.7 Å². The Labute approximate surface area is 127 Å². The Kier molecular flexibility index (Phi) is 5.65. The molecule has 1 aliphatic rings. The van der Waals surface area contributed by atoms with E-state index in [2.05, 4.69) is 22.4 Å². The fourth-order valence-corrected chi connectivity index (χ4v) is 3.20. The summed E-state index contributed by atoms with van der Waals surface area (Å²) in [7, 11) is 0. The molecule has 1 heterocycles. The van der Waals surface area contributed by atoms with Gasteiger partial charge >= 0.3 is 0 Å². The summed E-state index contributed by atoms with van der Waals surface area (Å²) in [5, 5.41) is 7.38. The molecule has 1 fully saturated rings. The molecule has 0 aromatic carbocycles. The van der Waals surface area contributed by atoms with Crippen LogP contribution in [0.2, 0.25) is 0 Å². The van der Waals surface area contributed by atoms with Gasteiger partial charge < -0.3 is 15.6 Å². The van der Waals surface area contributed by atoms with Crippen molar-refractivity contribution in [3.8, 4) is 0 Å². The molecule has 0 saturated heterocycles. The van der Waals surface area contributed by atoms with Crippen LogP contribution in [0.25, 0.3) is 0 Å². The molecule has 1 aromatic heterocycles. The molecule has 1 aliphatic carbocycles. The minimum absolute atomic E-state index is 0.269. The van der Waals surface area contributed by atoms with Gasteiger partial charge in [-0.15, -0.1) is 0 Å². The maximum atomic E-state index is 6.03. The van der Waals surface area contributed by atoms with Gasteiger partial charge in [0.1, 0.15) is 5.76 Å². The van der Waals surface area contributed by atoms with Crippen LogP contribution in [0, 0.1) is 13.8 Å². The van der Waals surface area contributed by atoms with Crippen molar-refractivity contribution in [2.75, 3.05) is 6.54 Å². The van der Waals surface area contributed by atoms with Crippen molar-refractivity contribution in [3.63, 3.8) is 0 Å². The molecule has 0 spiro atoms. The molecular weight excluding hydrogens is 264 g/mol. The molecule has 2 rings (SSSR count). The summed E-state index contributed by atoms with van der Waals surface area (Å²) < 4.78 is 5.21. The van der Waals surface area contributed by atoms with E-state index in [0.717, 1.165) is 17.0 Å². The number of aryl methyl sites for hydroxylation is 2. The zero-order valence-corrected chi connectivity index (χ0v) is 13.5. The fourth-order valence-electron chi connectivity index (χ4n) is 3.20. The molecule has 0 aliphatic heterocycles. The second-order valence-electron chi connectivity index (χ2n) is 6.20. The second kappa shape index (κ2) is 7.48. The average Bonchev–Trinajstić information content (AvgIpc) is 2.67. The zero-order chi connectivity index (χ0) is 15.2. The number of rotatable bonds is 4. The zero-order valence-electron chi connectivity index (χ0n) is 13.5. The lowest BCUT2D eigenvalue weighted by molar-refractivity contribution is 0.391. The van der Waals surface area contributed by atoms with Gasteiger partial charge in [0.15, 0.2) is 5.96 Å². The average molecular weight is 292 g/mol. The van der Waals surface area contributed by atoms with Crippen molar-refractivity contribution in [2.24, 2.45) is 10.7 Å². The van der Waals surface area contributed by atoms with E-state index in [0.29, 0.717) is 18.5 Å². The number of nitrogens with two attached hydrogens (primary N) is 1. The van der Waals surface area contributed by atoms with Crippen molar-refractivity contribution < 1.29 is 4.52 Å². The predicted molar refractivity (Wildman–Crippen MR) is 85.5 cm³/mol. The normalized spacial score (nSPS) is 19.3. The summed E-state index contributed by atoms with van der Waals surface area (Å²) in [5.74, 6) is 1.72. The number of hydrogen-bond donors (Lipinski definition) is 2. The van der Waals surface area contributed by atoms with Crippen LogP contribution in [0.1, 0.15) is 68.4 Å². The third-order valence-corrected chi connectivity index (χ3v) is 4.32. The van der Waals surface area contributed by atoms with E-state index in [-0.39, 0.29) is 5.92 Å². The van der Waals surface area contributed by atoms with E-state index in [1.54, 1.807) is 0 Å². The monoisotopic (exact) mass is 292 g/mol. The predicted octanol–water partition coefficient (Wildman–Crippen LogP) is 3.02. The highest BCUT2D eigenvalue weighted by molar-refractivity contribution is 5.78. The Morgan fingerprint density at radius 3 is 2.57 bits per heavy atom. The molecule has 1 saturated carbocycles. The third-order valence-electron chi connectivity index (χ3n) is 4.32. The van der Waals surface area contributed by atoms with Gasteiger partial charge in [-0.05, 0) is 26.7 Å². The minimum Gasteiger partial charge on any atom is -0.370 e. The van der Waals surface area contributed by atoms with Gasteiger partial charge in [0.2, 0.25) is 0 Å². The summed E-state index contributed by atoms with van der Waals surface area (Å²) in [6.45, 7) is 6.71. The molecule has 1 unspecified atom stereocenters. The Hall–Kier alpha value is -1.52. The lowest BCUT2D eigenvalue weighted by Gasteiger charge is -2.17. The quantitative estimate of drug-likeness (QED) is 0.508. The first-order valence-corrected chi connectivity index (χ1v) is 8.07. The topological polar surface area (TPSA) is 76.4 Å². The molecule has 21 heavy (non-hydrogen) atoms. The smallest absolute Gasteiger partial charge is 0.188 e. The first kappa shape index (κ1) is 15.9. The first-order valence-electron chi connectivity index (χ1n) is 8.07. The van der Waals surface area contributed by atoms with Gasteiger partial charge in [0.25, 0.3) is 0 Å². The summed E-state index contributed by atoms with van der Waals surface area (Å²) in [6.07, 6.45) is 7.68. The number of aromatic nitrogens is 1. The van der Waals surface area contributed by atoms with E-state index in [9.17, 15) is 0 Å². The van der Waals surface area contributed by atoms with E-state index < -0.39 is 0 Å². The van der Waals surface area contributed by atoms with E-state index in [1.807, 2.05) is 13.8 Å². The molecule has 0 amide bonds. The summed E-state index contributed by atoms with van der Waals surface area (Å²) in [4.78, 5) is 4.50. The van der Waals surface area contributed by atoms with E-state index in [1.165, 1.54) is 38.5 Å². The first-order chi connectivity index (χ1) is 10.1. The van der Waals surface area contributed by atoms with Crippen molar-refractivity contribution in [2.45, 2.75) is 71.3 Å². The number of guanidine groups is 1. The molecule has 0 bridgehead atoms. The molecule has 5 nitrogen and oxygen atoms in total. The maximum Gasteiger partial charge on any atom is 0.188 e. The molecule has 3 N–H and O–H groups in total. The molecule has 1 atom stereocenters. The van der Waals surface area contributed by atoms with Crippen molar-refractivity contribution in [1.29, 1.82) is 0 Å². The van der Waals surface area contributed by atoms with Gasteiger partial charge in [-0.2, -0.15) is 0 Å². The lowest BCUT2D eigenvalue weighted by Crippen LogP contribution is -2.40. The highest BCUT2D eigenvalue weighted by atomic mass is 16.5. The van der Waals surface area contributed by atoms with Gasteiger partial charge in [0.05, 0.1) is 5.69 Å². The van der Waals surface area contributed by atoms with Crippen LogP contribution in [0.5, 0.6) is 0 Å². The van der Waals surface area contributed by atoms with Crippen LogP contribution in [0.3, 0.4) is 0 Å². The third kappa shape index (κ3) is 4.48. The molecule has 0 radical (unpaired) electrons. The summed E-state index contributed by atoms with van der Waals surface area (Å²) >= 11 is 0. The number of hydrogen-bond acceptors (Lipinski definition) is 3. The number of nitrogens with one attached hydrogen (secondary N) is 1.